The van der Waals surface area contributed by atoms with Gasteiger partial charge in [-0.05, 0) is 18.8 Å². The van der Waals surface area contributed by atoms with E-state index in [2.05, 4.69) is 24.1 Å². The molecule has 1 N–H and O–H groups in total. The smallest absolute Gasteiger partial charge is 0.0589 e. The van der Waals surface area contributed by atoms with E-state index >= 15 is 0 Å². The van der Waals surface area contributed by atoms with E-state index in [1.165, 1.54) is 32.2 Å². The second-order valence-corrected chi connectivity index (χ2v) is 5.62. The summed E-state index contributed by atoms with van der Waals surface area (Å²) in [6.07, 6.45) is 5.58. The van der Waals surface area contributed by atoms with E-state index in [1.807, 2.05) is 0 Å². The molecule has 0 aromatic heterocycles. The molecule has 0 spiro atoms. The molecule has 0 amide bonds. The molecule has 3 nitrogen and oxygen atoms in total. The fraction of sp³-hybridized carbons (Fsp3) is 1.00. The molecule has 0 radical (unpaired) electrons. The Balaban J connectivity index is 2.12. The van der Waals surface area contributed by atoms with Gasteiger partial charge in [0.2, 0.25) is 0 Å². The van der Waals surface area contributed by atoms with Crippen molar-refractivity contribution < 1.29 is 4.74 Å². The summed E-state index contributed by atoms with van der Waals surface area (Å²) in [4.78, 5) is 2.51. The lowest BCUT2D eigenvalue weighted by atomic mass is 10.2. The number of ether oxygens (including phenoxy) is 1. The minimum absolute atomic E-state index is 0.735. The van der Waals surface area contributed by atoms with E-state index in [9.17, 15) is 0 Å². The highest BCUT2D eigenvalue weighted by atomic mass is 16.5. The quantitative estimate of drug-likeness (QED) is 0.670. The molecule has 1 rings (SSSR count). The van der Waals surface area contributed by atoms with Gasteiger partial charge in [-0.1, -0.05) is 26.7 Å². The first kappa shape index (κ1) is 14.9. The Hall–Kier alpha value is -0.120. The number of methoxy groups -OCH3 is 1. The van der Waals surface area contributed by atoms with E-state index < -0.39 is 0 Å². The minimum atomic E-state index is 0.735. The van der Waals surface area contributed by atoms with Crippen molar-refractivity contribution in [1.82, 2.24) is 10.2 Å². The van der Waals surface area contributed by atoms with Crippen molar-refractivity contribution in [1.29, 1.82) is 0 Å². The lowest BCUT2D eigenvalue weighted by molar-refractivity contribution is 0.140. The van der Waals surface area contributed by atoms with E-state index in [4.69, 9.17) is 4.74 Å². The highest BCUT2D eigenvalue weighted by Gasteiger charge is 2.14. The van der Waals surface area contributed by atoms with Crippen molar-refractivity contribution in [3.63, 3.8) is 0 Å². The molecule has 0 aliphatic heterocycles. The second-order valence-electron chi connectivity index (χ2n) is 5.62. The Morgan fingerprint density at radius 2 is 1.94 bits per heavy atom. The predicted octanol–water partition coefficient (Wildman–Crippen LogP) is 2.12. The Labute approximate surface area is 107 Å². The maximum atomic E-state index is 5.17. The zero-order valence-corrected chi connectivity index (χ0v) is 11.9. The normalized spacial score (nSPS) is 17.5. The molecule has 0 aromatic carbocycles. The number of hydrogen-bond donors (Lipinski definition) is 1. The molecule has 0 atom stereocenters. The summed E-state index contributed by atoms with van der Waals surface area (Å²) in [6.45, 7) is 9.92. The number of rotatable bonds is 9. The van der Waals surface area contributed by atoms with Gasteiger partial charge in [-0.2, -0.15) is 0 Å². The first-order chi connectivity index (χ1) is 8.22. The summed E-state index contributed by atoms with van der Waals surface area (Å²) in [7, 11) is 1.78. The Kier molecular flexibility index (Phi) is 7.82. The zero-order valence-electron chi connectivity index (χ0n) is 11.9. The molecule has 3 heteroatoms. The van der Waals surface area contributed by atoms with E-state index in [-0.39, 0.29) is 0 Å². The average Bonchev–Trinajstić information content (AvgIpc) is 2.78. The average molecular weight is 242 g/mol. The van der Waals surface area contributed by atoms with Gasteiger partial charge >= 0.3 is 0 Å². The molecular weight excluding hydrogens is 212 g/mol. The van der Waals surface area contributed by atoms with Crippen LogP contribution in [0.5, 0.6) is 0 Å². The third kappa shape index (κ3) is 7.02. The maximum Gasteiger partial charge on any atom is 0.0589 e. The van der Waals surface area contributed by atoms with Crippen LogP contribution in [0.1, 0.15) is 39.5 Å². The first-order valence-corrected chi connectivity index (χ1v) is 7.17. The van der Waals surface area contributed by atoms with Crippen LogP contribution in [0.4, 0.5) is 0 Å². The molecule has 1 aliphatic rings. The van der Waals surface area contributed by atoms with Crippen LogP contribution in [0.3, 0.4) is 0 Å². The molecular formula is C14H30N2O. The molecule has 0 unspecified atom stereocenters. The van der Waals surface area contributed by atoms with Crippen molar-refractivity contribution in [3.8, 4) is 0 Å². The van der Waals surface area contributed by atoms with Gasteiger partial charge in [0.15, 0.2) is 0 Å². The number of nitrogens with one attached hydrogen (secondary N) is 1. The third-order valence-corrected chi connectivity index (χ3v) is 3.45. The monoisotopic (exact) mass is 242 g/mol. The molecule has 0 bridgehead atoms. The molecule has 1 fully saturated rings. The van der Waals surface area contributed by atoms with Gasteiger partial charge in [-0.25, -0.2) is 0 Å². The van der Waals surface area contributed by atoms with Gasteiger partial charge in [0.1, 0.15) is 0 Å². The molecule has 1 aliphatic carbocycles. The SMILES string of the molecule is COCCN(CCNC1CCCC1)CC(C)C. The summed E-state index contributed by atoms with van der Waals surface area (Å²) in [5.41, 5.74) is 0. The predicted molar refractivity (Wildman–Crippen MR) is 73.4 cm³/mol. The van der Waals surface area contributed by atoms with Gasteiger partial charge in [0.25, 0.3) is 0 Å². The van der Waals surface area contributed by atoms with Gasteiger partial charge in [0.05, 0.1) is 6.61 Å². The number of nitrogens with zero attached hydrogens (tertiary/aromatic N) is 1. The molecule has 0 heterocycles. The minimum Gasteiger partial charge on any atom is -0.383 e. The summed E-state index contributed by atoms with van der Waals surface area (Å²) in [5.74, 6) is 0.735. The van der Waals surface area contributed by atoms with Crippen molar-refractivity contribution in [2.75, 3.05) is 39.9 Å². The lowest BCUT2D eigenvalue weighted by Gasteiger charge is -2.25. The Morgan fingerprint density at radius 3 is 2.53 bits per heavy atom. The van der Waals surface area contributed by atoms with Crippen LogP contribution in [0, 0.1) is 5.92 Å². The highest BCUT2D eigenvalue weighted by molar-refractivity contribution is 4.74. The van der Waals surface area contributed by atoms with Crippen molar-refractivity contribution in [2.24, 2.45) is 5.92 Å². The zero-order chi connectivity index (χ0) is 12.5. The third-order valence-electron chi connectivity index (χ3n) is 3.45. The standard InChI is InChI=1S/C14H30N2O/c1-13(2)12-16(10-11-17-3)9-8-15-14-6-4-5-7-14/h13-15H,4-12H2,1-3H3. The number of hydrogen-bond acceptors (Lipinski definition) is 3. The molecule has 102 valence electrons. The summed E-state index contributed by atoms with van der Waals surface area (Å²) in [6, 6.07) is 0.790. The van der Waals surface area contributed by atoms with E-state index in [1.54, 1.807) is 7.11 Å². The fourth-order valence-electron chi connectivity index (χ4n) is 2.59. The van der Waals surface area contributed by atoms with Crippen molar-refractivity contribution >= 4 is 0 Å². The van der Waals surface area contributed by atoms with Crippen LogP contribution in [0.2, 0.25) is 0 Å². The van der Waals surface area contributed by atoms with Crippen LogP contribution in [0.25, 0.3) is 0 Å². The molecule has 17 heavy (non-hydrogen) atoms. The van der Waals surface area contributed by atoms with Crippen LogP contribution in [-0.2, 0) is 4.74 Å². The molecule has 0 aromatic rings. The first-order valence-electron chi connectivity index (χ1n) is 7.17. The van der Waals surface area contributed by atoms with E-state index in [0.29, 0.717) is 0 Å². The van der Waals surface area contributed by atoms with Crippen molar-refractivity contribution in [2.45, 2.75) is 45.6 Å². The van der Waals surface area contributed by atoms with Gasteiger partial charge in [-0.3, -0.25) is 4.90 Å². The van der Waals surface area contributed by atoms with Crippen molar-refractivity contribution in [3.05, 3.63) is 0 Å². The Morgan fingerprint density at radius 1 is 1.24 bits per heavy atom. The maximum absolute atomic E-state index is 5.17. The van der Waals surface area contributed by atoms with Gasteiger partial charge in [-0.15, -0.1) is 0 Å². The second kappa shape index (κ2) is 8.90. The van der Waals surface area contributed by atoms with Crippen LogP contribution in [-0.4, -0.2) is 50.8 Å². The summed E-state index contributed by atoms with van der Waals surface area (Å²) < 4.78 is 5.17. The summed E-state index contributed by atoms with van der Waals surface area (Å²) >= 11 is 0. The van der Waals surface area contributed by atoms with Gasteiger partial charge < -0.3 is 10.1 Å². The van der Waals surface area contributed by atoms with Crippen LogP contribution >= 0.6 is 0 Å². The molecule has 1 saturated carbocycles. The van der Waals surface area contributed by atoms with Crippen LogP contribution < -0.4 is 5.32 Å². The largest absolute Gasteiger partial charge is 0.383 e. The van der Waals surface area contributed by atoms with Crippen LogP contribution in [0.15, 0.2) is 0 Å². The van der Waals surface area contributed by atoms with E-state index in [0.717, 1.165) is 38.2 Å². The molecule has 0 saturated heterocycles. The topological polar surface area (TPSA) is 24.5 Å². The highest BCUT2D eigenvalue weighted by Crippen LogP contribution is 2.17. The Bertz CT molecular complexity index is 179. The lowest BCUT2D eigenvalue weighted by Crippen LogP contribution is -2.39. The fourth-order valence-corrected chi connectivity index (χ4v) is 2.59. The van der Waals surface area contributed by atoms with Gasteiger partial charge in [0, 0.05) is 39.3 Å². The summed E-state index contributed by atoms with van der Waals surface area (Å²) in [5, 5.41) is 3.68.